The summed E-state index contributed by atoms with van der Waals surface area (Å²) in [7, 11) is 11.0. The molecule has 1 aromatic carbocycles. The largest absolute Gasteiger partial charge is 0.398 e. The van der Waals surface area contributed by atoms with E-state index in [1.807, 2.05) is 18.2 Å². The molecule has 0 amide bonds. The van der Waals surface area contributed by atoms with Gasteiger partial charge in [-0.2, -0.15) is 0 Å². The van der Waals surface area contributed by atoms with Gasteiger partial charge in [-0.1, -0.05) is 30.3 Å². The van der Waals surface area contributed by atoms with E-state index in [2.05, 4.69) is 29.3 Å². The van der Waals surface area contributed by atoms with Crippen LogP contribution in [0.5, 0.6) is 0 Å². The van der Waals surface area contributed by atoms with E-state index >= 15 is 0 Å². The van der Waals surface area contributed by atoms with Crippen molar-refractivity contribution in [2.45, 2.75) is 18.9 Å². The predicted octanol–water partition coefficient (Wildman–Crippen LogP) is 0.720. The van der Waals surface area contributed by atoms with Crippen LogP contribution in [-0.2, 0) is 5.54 Å². The SMILES string of the molecule is [B]N=C1NC(C)(c2ccccc2)CCN1[B]. The van der Waals surface area contributed by atoms with Crippen molar-refractivity contribution in [3.05, 3.63) is 35.9 Å². The summed E-state index contributed by atoms with van der Waals surface area (Å²) in [5.41, 5.74) is 1.05. The molecule has 78 valence electrons. The topological polar surface area (TPSA) is 27.6 Å². The molecule has 0 saturated carbocycles. The molecule has 0 bridgehead atoms. The molecular formula is C11H13B2N3. The summed E-state index contributed by atoms with van der Waals surface area (Å²) < 4.78 is 0. The summed E-state index contributed by atoms with van der Waals surface area (Å²) in [6.07, 6.45) is 0.909. The van der Waals surface area contributed by atoms with Crippen LogP contribution in [0.4, 0.5) is 0 Å². The van der Waals surface area contributed by atoms with Gasteiger partial charge in [0, 0.05) is 6.54 Å². The lowest BCUT2D eigenvalue weighted by Crippen LogP contribution is -2.56. The van der Waals surface area contributed by atoms with Gasteiger partial charge in [-0.05, 0) is 18.9 Å². The molecule has 3 nitrogen and oxygen atoms in total. The van der Waals surface area contributed by atoms with E-state index in [1.165, 1.54) is 10.4 Å². The fraction of sp³-hybridized carbons (Fsp3) is 0.364. The van der Waals surface area contributed by atoms with Gasteiger partial charge in [-0.3, -0.25) is 0 Å². The van der Waals surface area contributed by atoms with Crippen molar-refractivity contribution in [2.75, 3.05) is 6.54 Å². The maximum atomic E-state index is 5.75. The van der Waals surface area contributed by atoms with Gasteiger partial charge in [0.2, 0.25) is 7.98 Å². The number of nitrogens with one attached hydrogen (secondary N) is 1. The number of guanidine groups is 1. The summed E-state index contributed by atoms with van der Waals surface area (Å²) in [6.45, 7) is 2.86. The molecule has 4 radical (unpaired) electrons. The third kappa shape index (κ3) is 1.94. The van der Waals surface area contributed by atoms with Gasteiger partial charge < -0.3 is 15.0 Å². The predicted molar refractivity (Wildman–Crippen MR) is 67.2 cm³/mol. The van der Waals surface area contributed by atoms with Crippen LogP contribution in [0.2, 0.25) is 0 Å². The Kier molecular flexibility index (Phi) is 2.95. The lowest BCUT2D eigenvalue weighted by Gasteiger charge is -2.42. The van der Waals surface area contributed by atoms with Gasteiger partial charge in [0.15, 0.2) is 5.96 Å². The molecule has 0 aliphatic carbocycles. The van der Waals surface area contributed by atoms with Crippen LogP contribution in [-0.4, -0.2) is 33.3 Å². The van der Waals surface area contributed by atoms with E-state index in [1.54, 1.807) is 0 Å². The van der Waals surface area contributed by atoms with E-state index in [4.69, 9.17) is 16.0 Å². The van der Waals surface area contributed by atoms with E-state index < -0.39 is 0 Å². The normalized spacial score (nSPS) is 27.8. The van der Waals surface area contributed by atoms with Crippen LogP contribution in [0.1, 0.15) is 18.9 Å². The summed E-state index contributed by atoms with van der Waals surface area (Å²) >= 11 is 0. The minimum absolute atomic E-state index is 0.157. The molecule has 1 aromatic rings. The minimum atomic E-state index is -0.157. The molecule has 1 N–H and O–H groups in total. The van der Waals surface area contributed by atoms with Crippen molar-refractivity contribution in [1.82, 2.24) is 10.1 Å². The molecule has 1 aliphatic rings. The van der Waals surface area contributed by atoms with Crippen LogP contribution >= 0.6 is 0 Å². The first kappa shape index (κ1) is 11.1. The molecule has 2 rings (SSSR count). The Balaban J connectivity index is 2.27. The molecule has 1 heterocycles. The van der Waals surface area contributed by atoms with Gasteiger partial charge in [0.25, 0.3) is 7.98 Å². The van der Waals surface area contributed by atoms with Crippen molar-refractivity contribution in [3.8, 4) is 0 Å². The first-order chi connectivity index (χ1) is 7.65. The van der Waals surface area contributed by atoms with Crippen molar-refractivity contribution in [3.63, 3.8) is 0 Å². The molecule has 5 heteroatoms. The maximum Gasteiger partial charge on any atom is 0.264 e. The average Bonchev–Trinajstić information content (AvgIpc) is 2.34. The second kappa shape index (κ2) is 4.24. The zero-order valence-corrected chi connectivity index (χ0v) is 9.35. The fourth-order valence-electron chi connectivity index (χ4n) is 1.96. The summed E-state index contributed by atoms with van der Waals surface area (Å²) in [6, 6.07) is 10.2. The Morgan fingerprint density at radius 3 is 2.69 bits per heavy atom. The number of benzene rings is 1. The van der Waals surface area contributed by atoms with Gasteiger partial charge in [-0.15, -0.1) is 0 Å². The molecule has 1 fully saturated rings. The number of rotatable bonds is 1. The van der Waals surface area contributed by atoms with Crippen molar-refractivity contribution in [1.29, 1.82) is 0 Å². The Hall–Kier alpha value is -1.38. The monoisotopic (exact) mass is 209 g/mol. The quantitative estimate of drug-likeness (QED) is 0.690. The lowest BCUT2D eigenvalue weighted by atomic mass is 9.86. The molecule has 1 unspecified atom stereocenters. The van der Waals surface area contributed by atoms with Crippen LogP contribution < -0.4 is 5.32 Å². The third-order valence-corrected chi connectivity index (χ3v) is 3.05. The first-order valence-electron chi connectivity index (χ1n) is 5.29. The highest BCUT2D eigenvalue weighted by Crippen LogP contribution is 2.27. The van der Waals surface area contributed by atoms with E-state index in [-0.39, 0.29) is 5.54 Å². The second-order valence-electron chi connectivity index (χ2n) is 4.22. The molecule has 0 spiro atoms. The highest BCUT2D eigenvalue weighted by Gasteiger charge is 2.32. The molecule has 16 heavy (non-hydrogen) atoms. The standard InChI is InChI=1S/C11H13B2N3/c1-11(9-5-3-2-4-6-9)7-8-16(13)10(14-11)15-12/h2-6H,7-8H2,1H3,(H,14,15). The summed E-state index contributed by atoms with van der Waals surface area (Å²) in [5, 5.41) is 3.27. The number of nitrogens with zero attached hydrogens (tertiary/aromatic N) is 2. The Morgan fingerprint density at radius 1 is 1.38 bits per heavy atom. The highest BCUT2D eigenvalue weighted by molar-refractivity contribution is 6.20. The summed E-state index contributed by atoms with van der Waals surface area (Å²) in [5.74, 6) is 0.526. The zero-order chi connectivity index (χ0) is 11.6. The smallest absolute Gasteiger partial charge is 0.264 e. The Bertz CT molecular complexity index is 393. The van der Waals surface area contributed by atoms with E-state index in [0.717, 1.165) is 13.0 Å². The first-order valence-corrected chi connectivity index (χ1v) is 5.29. The van der Waals surface area contributed by atoms with E-state index in [0.29, 0.717) is 5.96 Å². The van der Waals surface area contributed by atoms with Gasteiger partial charge in [-0.25, -0.2) is 0 Å². The molecule has 0 aromatic heterocycles. The molecule has 1 atom stereocenters. The highest BCUT2D eigenvalue weighted by atomic mass is 15.3. The maximum absolute atomic E-state index is 5.75. The van der Waals surface area contributed by atoms with Crippen LogP contribution in [0.15, 0.2) is 35.2 Å². The zero-order valence-electron chi connectivity index (χ0n) is 9.35. The van der Waals surface area contributed by atoms with Crippen molar-refractivity contribution < 1.29 is 0 Å². The fourth-order valence-corrected chi connectivity index (χ4v) is 1.96. The van der Waals surface area contributed by atoms with E-state index in [9.17, 15) is 0 Å². The number of hydrogen-bond acceptors (Lipinski definition) is 1. The van der Waals surface area contributed by atoms with Crippen LogP contribution in [0.25, 0.3) is 0 Å². The number of hydrogen-bond donors (Lipinski definition) is 1. The van der Waals surface area contributed by atoms with Gasteiger partial charge >= 0.3 is 0 Å². The third-order valence-electron chi connectivity index (χ3n) is 3.05. The van der Waals surface area contributed by atoms with Crippen LogP contribution in [0.3, 0.4) is 0 Å². The molecule has 1 aliphatic heterocycles. The Labute approximate surface area is 98.8 Å². The van der Waals surface area contributed by atoms with Gasteiger partial charge in [0.1, 0.15) is 0 Å². The Morgan fingerprint density at radius 2 is 2.06 bits per heavy atom. The van der Waals surface area contributed by atoms with Crippen molar-refractivity contribution >= 4 is 21.9 Å². The molecular weight excluding hydrogens is 196 g/mol. The minimum Gasteiger partial charge on any atom is -0.398 e. The van der Waals surface area contributed by atoms with Gasteiger partial charge in [0.05, 0.1) is 5.54 Å². The van der Waals surface area contributed by atoms with Crippen LogP contribution in [0, 0.1) is 0 Å². The van der Waals surface area contributed by atoms with Crippen molar-refractivity contribution in [2.24, 2.45) is 4.90 Å². The molecule has 1 saturated heterocycles. The second-order valence-corrected chi connectivity index (χ2v) is 4.22. The summed E-state index contributed by atoms with van der Waals surface area (Å²) in [4.78, 5) is 5.19. The average molecular weight is 209 g/mol. The lowest BCUT2D eigenvalue weighted by molar-refractivity contribution is 0.324.